The Labute approximate surface area is 143 Å². The van der Waals surface area contributed by atoms with Gasteiger partial charge in [0.2, 0.25) is 5.91 Å². The van der Waals surface area contributed by atoms with E-state index in [9.17, 15) is 4.79 Å². The van der Waals surface area contributed by atoms with Gasteiger partial charge in [0.1, 0.15) is 12.4 Å². The van der Waals surface area contributed by atoms with Gasteiger partial charge in [-0.2, -0.15) is 0 Å². The number of anilines is 1. The number of fused-ring (bicyclic) bond motifs is 1. The van der Waals surface area contributed by atoms with Gasteiger partial charge >= 0.3 is 0 Å². The van der Waals surface area contributed by atoms with Crippen LogP contribution in [-0.2, 0) is 11.2 Å². The molecule has 3 rings (SSSR count). The minimum atomic E-state index is 0.0769. The molecule has 24 heavy (non-hydrogen) atoms. The predicted octanol–water partition coefficient (Wildman–Crippen LogP) is 2.00. The van der Waals surface area contributed by atoms with Gasteiger partial charge in [0.15, 0.2) is 5.96 Å². The average Bonchev–Trinajstić information content (AvgIpc) is 2.58. The molecule has 0 aromatic heterocycles. The first-order valence-corrected chi connectivity index (χ1v) is 8.72. The van der Waals surface area contributed by atoms with Crippen LogP contribution in [0.1, 0.15) is 31.7 Å². The maximum atomic E-state index is 11.4. The third kappa shape index (κ3) is 4.19. The Balaban J connectivity index is 1.48. The number of benzene rings is 1. The van der Waals surface area contributed by atoms with Crippen molar-refractivity contribution in [3.05, 3.63) is 23.8 Å². The average molecular weight is 330 g/mol. The van der Waals surface area contributed by atoms with Crippen molar-refractivity contribution in [1.82, 2.24) is 4.90 Å². The topological polar surface area (TPSA) is 79.9 Å². The van der Waals surface area contributed by atoms with Crippen molar-refractivity contribution in [3.63, 3.8) is 0 Å². The molecule has 130 valence electrons. The SMILES string of the molecule is CC1CCCN(C(N)=NCCOc2ccc3c(c2)CCC(=O)N3)C1. The predicted molar refractivity (Wildman–Crippen MR) is 95.3 cm³/mol. The van der Waals surface area contributed by atoms with Crippen LogP contribution in [0.2, 0.25) is 0 Å². The van der Waals surface area contributed by atoms with Gasteiger partial charge in [-0.15, -0.1) is 0 Å². The summed E-state index contributed by atoms with van der Waals surface area (Å²) in [6.07, 6.45) is 3.74. The number of nitrogens with zero attached hydrogens (tertiary/aromatic N) is 2. The molecule has 1 amide bonds. The second-order valence-electron chi connectivity index (χ2n) is 6.65. The molecule has 1 unspecified atom stereocenters. The largest absolute Gasteiger partial charge is 0.492 e. The molecule has 0 aliphatic carbocycles. The molecule has 1 aromatic rings. The number of aryl methyl sites for hydroxylation is 1. The molecule has 1 saturated heterocycles. The molecule has 6 heteroatoms. The van der Waals surface area contributed by atoms with Crippen LogP contribution in [-0.4, -0.2) is 43.0 Å². The fourth-order valence-corrected chi connectivity index (χ4v) is 3.27. The van der Waals surface area contributed by atoms with Crippen LogP contribution in [0.15, 0.2) is 23.2 Å². The zero-order chi connectivity index (χ0) is 16.9. The first kappa shape index (κ1) is 16.6. The first-order chi connectivity index (χ1) is 11.6. The lowest BCUT2D eigenvalue weighted by atomic mass is 10.0. The Morgan fingerprint density at radius 3 is 3.17 bits per heavy atom. The Bertz CT molecular complexity index is 629. The number of hydrogen-bond acceptors (Lipinski definition) is 3. The number of aliphatic imine (C=N–C) groups is 1. The van der Waals surface area contributed by atoms with Gasteiger partial charge in [0, 0.05) is 25.2 Å². The minimum absolute atomic E-state index is 0.0769. The van der Waals surface area contributed by atoms with E-state index in [1.807, 2.05) is 18.2 Å². The summed E-state index contributed by atoms with van der Waals surface area (Å²) in [5.74, 6) is 2.19. The van der Waals surface area contributed by atoms with Gasteiger partial charge in [-0.3, -0.25) is 4.79 Å². The maximum Gasteiger partial charge on any atom is 0.224 e. The van der Waals surface area contributed by atoms with Crippen LogP contribution < -0.4 is 15.8 Å². The molecule has 1 fully saturated rings. The van der Waals surface area contributed by atoms with Crippen molar-refractivity contribution in [1.29, 1.82) is 0 Å². The van der Waals surface area contributed by atoms with Gasteiger partial charge in [-0.05, 0) is 48.9 Å². The summed E-state index contributed by atoms with van der Waals surface area (Å²) in [6.45, 7) is 5.28. The van der Waals surface area contributed by atoms with E-state index in [0.29, 0.717) is 31.4 Å². The van der Waals surface area contributed by atoms with Gasteiger partial charge < -0.3 is 20.7 Å². The normalized spacial score (nSPS) is 21.2. The smallest absolute Gasteiger partial charge is 0.224 e. The van der Waals surface area contributed by atoms with Crippen molar-refractivity contribution in [2.24, 2.45) is 16.6 Å². The van der Waals surface area contributed by atoms with Crippen molar-refractivity contribution in [2.75, 3.05) is 31.6 Å². The molecule has 0 saturated carbocycles. The number of ether oxygens (including phenoxy) is 1. The molecule has 1 aromatic carbocycles. The van der Waals surface area contributed by atoms with Crippen molar-refractivity contribution in [2.45, 2.75) is 32.6 Å². The highest BCUT2D eigenvalue weighted by Gasteiger charge is 2.17. The lowest BCUT2D eigenvalue weighted by Gasteiger charge is -2.31. The molecule has 0 spiro atoms. The van der Waals surface area contributed by atoms with Crippen molar-refractivity contribution >= 4 is 17.6 Å². The van der Waals surface area contributed by atoms with E-state index in [1.165, 1.54) is 12.8 Å². The highest BCUT2D eigenvalue weighted by Crippen LogP contribution is 2.26. The molecule has 2 heterocycles. The number of amides is 1. The van der Waals surface area contributed by atoms with E-state index in [2.05, 4.69) is 22.1 Å². The lowest BCUT2D eigenvalue weighted by molar-refractivity contribution is -0.116. The highest BCUT2D eigenvalue weighted by molar-refractivity contribution is 5.94. The number of likely N-dealkylation sites (tertiary alicyclic amines) is 1. The second-order valence-corrected chi connectivity index (χ2v) is 6.65. The third-order valence-corrected chi connectivity index (χ3v) is 4.59. The summed E-state index contributed by atoms with van der Waals surface area (Å²) in [4.78, 5) is 18.0. The summed E-state index contributed by atoms with van der Waals surface area (Å²) >= 11 is 0. The van der Waals surface area contributed by atoms with E-state index in [1.54, 1.807) is 0 Å². The number of nitrogens with one attached hydrogen (secondary N) is 1. The second kappa shape index (κ2) is 7.55. The Morgan fingerprint density at radius 1 is 1.46 bits per heavy atom. The molecule has 0 radical (unpaired) electrons. The van der Waals surface area contributed by atoms with Crippen LogP contribution in [0.3, 0.4) is 0 Å². The van der Waals surface area contributed by atoms with Gasteiger partial charge in [-0.25, -0.2) is 4.99 Å². The lowest BCUT2D eigenvalue weighted by Crippen LogP contribution is -2.43. The summed E-state index contributed by atoms with van der Waals surface area (Å²) in [5, 5.41) is 2.87. The number of hydrogen-bond donors (Lipinski definition) is 2. The fourth-order valence-electron chi connectivity index (χ4n) is 3.27. The van der Waals surface area contributed by atoms with Gasteiger partial charge in [0.25, 0.3) is 0 Å². The summed E-state index contributed by atoms with van der Waals surface area (Å²) in [7, 11) is 0. The molecule has 2 aliphatic rings. The Kier molecular flexibility index (Phi) is 5.23. The van der Waals surface area contributed by atoms with Crippen LogP contribution in [0.4, 0.5) is 5.69 Å². The summed E-state index contributed by atoms with van der Waals surface area (Å²) in [6, 6.07) is 5.77. The quantitative estimate of drug-likeness (QED) is 0.503. The third-order valence-electron chi connectivity index (χ3n) is 4.59. The van der Waals surface area contributed by atoms with E-state index in [-0.39, 0.29) is 5.91 Å². The molecule has 2 aliphatic heterocycles. The number of rotatable bonds is 4. The Morgan fingerprint density at radius 2 is 2.33 bits per heavy atom. The fraction of sp³-hybridized carbons (Fsp3) is 0.556. The van der Waals surface area contributed by atoms with Crippen molar-refractivity contribution in [3.8, 4) is 5.75 Å². The van der Waals surface area contributed by atoms with Gasteiger partial charge in [-0.1, -0.05) is 6.92 Å². The van der Waals surface area contributed by atoms with Crippen LogP contribution in [0.25, 0.3) is 0 Å². The molecular weight excluding hydrogens is 304 g/mol. The zero-order valence-corrected chi connectivity index (χ0v) is 14.3. The summed E-state index contributed by atoms with van der Waals surface area (Å²) < 4.78 is 5.76. The van der Waals surface area contributed by atoms with E-state index in [4.69, 9.17) is 10.5 Å². The van der Waals surface area contributed by atoms with E-state index < -0.39 is 0 Å². The van der Waals surface area contributed by atoms with Crippen molar-refractivity contribution < 1.29 is 9.53 Å². The van der Waals surface area contributed by atoms with Crippen LogP contribution in [0, 0.1) is 5.92 Å². The summed E-state index contributed by atoms with van der Waals surface area (Å²) in [5.41, 5.74) is 8.09. The number of nitrogens with two attached hydrogens (primary N) is 1. The monoisotopic (exact) mass is 330 g/mol. The molecule has 1 atom stereocenters. The molecule has 6 nitrogen and oxygen atoms in total. The van der Waals surface area contributed by atoms with E-state index >= 15 is 0 Å². The number of piperidine rings is 1. The highest BCUT2D eigenvalue weighted by atomic mass is 16.5. The van der Waals surface area contributed by atoms with E-state index in [0.717, 1.165) is 36.5 Å². The molecular formula is C18H26N4O2. The zero-order valence-electron chi connectivity index (χ0n) is 14.3. The number of carbonyl (C=O) groups is 1. The minimum Gasteiger partial charge on any atom is -0.492 e. The van der Waals surface area contributed by atoms with Gasteiger partial charge in [0.05, 0.1) is 6.54 Å². The maximum absolute atomic E-state index is 11.4. The number of guanidine groups is 1. The number of carbonyl (C=O) groups excluding carboxylic acids is 1. The first-order valence-electron chi connectivity index (χ1n) is 8.72. The molecule has 0 bridgehead atoms. The van der Waals surface area contributed by atoms with Crippen LogP contribution >= 0.6 is 0 Å². The van der Waals surface area contributed by atoms with Crippen LogP contribution in [0.5, 0.6) is 5.75 Å². The Hall–Kier alpha value is -2.24. The molecule has 3 N–H and O–H groups in total. The standard InChI is InChI=1S/C18H26N4O2/c1-13-3-2-9-22(12-13)18(19)20-8-10-24-15-5-6-16-14(11-15)4-7-17(23)21-16/h5-6,11,13H,2-4,7-10,12H2,1H3,(H2,19,20)(H,21,23).